The van der Waals surface area contributed by atoms with Gasteiger partial charge in [-0.15, -0.1) is 0 Å². The van der Waals surface area contributed by atoms with Gasteiger partial charge in [0.2, 0.25) is 10.0 Å². The number of carbonyl (C=O) groups excluding carboxylic acids is 1. The highest BCUT2D eigenvalue weighted by molar-refractivity contribution is 7.89. The van der Waals surface area contributed by atoms with E-state index in [0.717, 1.165) is 48.1 Å². The number of nitrogens with one attached hydrogen (secondary N) is 1. The maximum Gasteiger partial charge on any atom is 0.252 e. The Bertz CT molecular complexity index is 1090. The molecule has 0 saturated carbocycles. The second-order valence-corrected chi connectivity index (χ2v) is 11.1. The normalized spacial score (nSPS) is 21.3. The first kappa shape index (κ1) is 24.7. The van der Waals surface area contributed by atoms with Gasteiger partial charge in [-0.25, -0.2) is 12.7 Å². The van der Waals surface area contributed by atoms with Crippen molar-refractivity contribution < 1.29 is 22.7 Å². The number of benzene rings is 2. The van der Waals surface area contributed by atoms with Crippen molar-refractivity contribution in [3.8, 4) is 16.9 Å². The second kappa shape index (κ2) is 10.9. The zero-order chi connectivity index (χ0) is 24.0. The minimum Gasteiger partial charge on any atom is -0.496 e. The van der Waals surface area contributed by atoms with Crippen LogP contribution in [-0.4, -0.2) is 63.3 Å². The first-order valence-electron chi connectivity index (χ1n) is 12.1. The lowest BCUT2D eigenvalue weighted by Gasteiger charge is -2.28. The summed E-state index contributed by atoms with van der Waals surface area (Å²) in [6, 6.07) is 15.9. The van der Waals surface area contributed by atoms with E-state index < -0.39 is 15.6 Å². The van der Waals surface area contributed by atoms with Gasteiger partial charge < -0.3 is 14.8 Å². The Morgan fingerprint density at radius 1 is 1.09 bits per heavy atom. The molecule has 7 nitrogen and oxygen atoms in total. The molecule has 0 bridgehead atoms. The van der Waals surface area contributed by atoms with Crippen molar-refractivity contribution in [2.75, 3.05) is 39.1 Å². The van der Waals surface area contributed by atoms with Gasteiger partial charge in [-0.05, 0) is 42.9 Å². The molecule has 0 radical (unpaired) electrons. The Morgan fingerprint density at radius 2 is 1.88 bits per heavy atom. The molecule has 8 heteroatoms. The summed E-state index contributed by atoms with van der Waals surface area (Å²) in [5.74, 6) is 0.471. The molecule has 4 rings (SSSR count). The molecule has 1 amide bonds. The van der Waals surface area contributed by atoms with Crippen LogP contribution in [0.2, 0.25) is 0 Å². The van der Waals surface area contributed by atoms with Gasteiger partial charge in [0.25, 0.3) is 5.91 Å². The molecule has 2 aliphatic rings. The molecule has 184 valence electrons. The Labute approximate surface area is 202 Å². The predicted octanol–water partition coefficient (Wildman–Crippen LogP) is 3.39. The topological polar surface area (TPSA) is 84.9 Å². The van der Waals surface area contributed by atoms with Crippen LogP contribution in [0.1, 0.15) is 37.7 Å². The van der Waals surface area contributed by atoms with Crippen LogP contribution in [0.5, 0.6) is 5.75 Å². The van der Waals surface area contributed by atoms with E-state index in [1.807, 2.05) is 42.5 Å². The van der Waals surface area contributed by atoms with E-state index in [1.165, 1.54) is 0 Å². The van der Waals surface area contributed by atoms with Crippen LogP contribution in [-0.2, 0) is 26.0 Å². The van der Waals surface area contributed by atoms with Crippen molar-refractivity contribution >= 4 is 15.9 Å². The predicted molar refractivity (Wildman–Crippen MR) is 132 cm³/mol. The van der Waals surface area contributed by atoms with Crippen LogP contribution in [0.15, 0.2) is 48.5 Å². The summed E-state index contributed by atoms with van der Waals surface area (Å²) in [6.07, 6.45) is 4.71. The maximum absolute atomic E-state index is 13.2. The van der Waals surface area contributed by atoms with Crippen LogP contribution < -0.4 is 10.1 Å². The third-order valence-electron chi connectivity index (χ3n) is 6.71. The number of nitrogens with zero attached hydrogens (tertiary/aromatic N) is 1. The van der Waals surface area contributed by atoms with Crippen molar-refractivity contribution in [3.05, 3.63) is 54.1 Å². The minimum atomic E-state index is -3.36. The highest BCUT2D eigenvalue weighted by atomic mass is 32.2. The summed E-state index contributed by atoms with van der Waals surface area (Å²) < 4.78 is 38.3. The third kappa shape index (κ3) is 5.62. The first-order chi connectivity index (χ1) is 16.4. The summed E-state index contributed by atoms with van der Waals surface area (Å²) >= 11 is 0. The van der Waals surface area contributed by atoms with Crippen molar-refractivity contribution in [1.82, 2.24) is 9.62 Å². The van der Waals surface area contributed by atoms with Gasteiger partial charge in [0.1, 0.15) is 5.75 Å². The molecular formula is C26H34N2O5S. The van der Waals surface area contributed by atoms with E-state index in [-0.39, 0.29) is 18.2 Å². The third-order valence-corrected chi connectivity index (χ3v) is 8.58. The molecule has 1 N–H and O–H groups in total. The number of carbonyl (C=O) groups is 1. The Balaban J connectivity index is 1.44. The number of rotatable bonds is 9. The average Bonchev–Trinajstić information content (AvgIpc) is 3.34. The zero-order valence-corrected chi connectivity index (χ0v) is 20.6. The fourth-order valence-electron chi connectivity index (χ4n) is 4.88. The van der Waals surface area contributed by atoms with Crippen molar-refractivity contribution in [2.24, 2.45) is 0 Å². The summed E-state index contributed by atoms with van der Waals surface area (Å²) in [5, 5.41) is 2.86. The lowest BCUT2D eigenvalue weighted by molar-refractivity contribution is -0.141. The molecule has 2 aromatic rings. The van der Waals surface area contributed by atoms with Gasteiger partial charge in [0.15, 0.2) is 5.60 Å². The van der Waals surface area contributed by atoms with Gasteiger partial charge >= 0.3 is 0 Å². The summed E-state index contributed by atoms with van der Waals surface area (Å²) in [6.45, 7) is 1.76. The number of hydrogen-bond acceptors (Lipinski definition) is 5. The molecule has 2 fully saturated rings. The molecule has 2 heterocycles. The molecule has 0 aliphatic carbocycles. The molecule has 2 aliphatic heterocycles. The molecular weight excluding hydrogens is 452 g/mol. The maximum atomic E-state index is 13.2. The molecule has 1 atom stereocenters. The Morgan fingerprint density at radius 3 is 2.62 bits per heavy atom. The van der Waals surface area contributed by atoms with E-state index >= 15 is 0 Å². The number of ether oxygens (including phenoxy) is 2. The number of hydrogen-bond donors (Lipinski definition) is 1. The fourth-order valence-corrected chi connectivity index (χ4v) is 6.32. The molecule has 2 aromatic carbocycles. The highest BCUT2D eigenvalue weighted by Gasteiger charge is 2.42. The van der Waals surface area contributed by atoms with Crippen LogP contribution in [0, 0.1) is 0 Å². The molecule has 34 heavy (non-hydrogen) atoms. The zero-order valence-electron chi connectivity index (χ0n) is 19.8. The molecule has 0 spiro atoms. The molecule has 0 aromatic heterocycles. The molecule has 0 unspecified atom stereocenters. The second-order valence-electron chi connectivity index (χ2n) is 9.06. The Hall–Kier alpha value is -2.42. The summed E-state index contributed by atoms with van der Waals surface area (Å²) in [7, 11) is -1.71. The quantitative estimate of drug-likeness (QED) is 0.587. The van der Waals surface area contributed by atoms with Gasteiger partial charge in [-0.2, -0.15) is 0 Å². The van der Waals surface area contributed by atoms with Gasteiger partial charge in [0.05, 0.1) is 12.9 Å². The van der Waals surface area contributed by atoms with E-state index in [0.29, 0.717) is 32.5 Å². The number of amides is 1. The van der Waals surface area contributed by atoms with Crippen molar-refractivity contribution in [2.45, 2.75) is 44.1 Å². The van der Waals surface area contributed by atoms with Crippen LogP contribution in [0.25, 0.3) is 11.1 Å². The van der Waals surface area contributed by atoms with Gasteiger partial charge in [0, 0.05) is 38.2 Å². The van der Waals surface area contributed by atoms with Gasteiger partial charge in [-0.1, -0.05) is 48.9 Å². The lowest BCUT2D eigenvalue weighted by atomic mass is 9.89. The Kier molecular flexibility index (Phi) is 7.91. The van der Waals surface area contributed by atoms with Crippen molar-refractivity contribution in [1.29, 1.82) is 0 Å². The average molecular weight is 487 g/mol. The van der Waals surface area contributed by atoms with E-state index in [1.54, 1.807) is 11.4 Å². The largest absolute Gasteiger partial charge is 0.496 e. The van der Waals surface area contributed by atoms with E-state index in [9.17, 15) is 13.2 Å². The summed E-state index contributed by atoms with van der Waals surface area (Å²) in [4.78, 5) is 13.2. The standard InChI is InChI=1S/C26H34N2O5S/c1-32-24-12-4-3-11-23(24)22-10-7-9-21(19-22)20-26(13-8-17-33-26)25(29)27-14-18-34(30,31)28-15-5-2-6-16-28/h3-4,7,9-12,19H,2,5-6,8,13-18,20H2,1H3,(H,27,29)/t26-/m0/s1. The van der Waals surface area contributed by atoms with Crippen LogP contribution >= 0.6 is 0 Å². The van der Waals surface area contributed by atoms with Crippen LogP contribution in [0.4, 0.5) is 0 Å². The van der Waals surface area contributed by atoms with Crippen LogP contribution in [0.3, 0.4) is 0 Å². The first-order valence-corrected chi connectivity index (χ1v) is 13.7. The highest BCUT2D eigenvalue weighted by Crippen LogP contribution is 2.33. The lowest BCUT2D eigenvalue weighted by Crippen LogP contribution is -2.49. The smallest absolute Gasteiger partial charge is 0.252 e. The summed E-state index contributed by atoms with van der Waals surface area (Å²) in [5.41, 5.74) is 2.01. The SMILES string of the molecule is COc1ccccc1-c1cccc(C[C@]2(C(=O)NCCS(=O)(=O)N3CCCCC3)CCCO2)c1. The minimum absolute atomic E-state index is 0.0852. The fraction of sp³-hybridized carbons (Fsp3) is 0.500. The van der Waals surface area contributed by atoms with Crippen molar-refractivity contribution in [3.63, 3.8) is 0 Å². The number of para-hydroxylation sites is 1. The van der Waals surface area contributed by atoms with E-state index in [4.69, 9.17) is 9.47 Å². The number of piperidine rings is 1. The number of methoxy groups -OCH3 is 1. The monoisotopic (exact) mass is 486 g/mol. The van der Waals surface area contributed by atoms with E-state index in [2.05, 4.69) is 11.4 Å². The van der Waals surface area contributed by atoms with Gasteiger partial charge in [-0.3, -0.25) is 4.79 Å². The molecule has 2 saturated heterocycles. The number of sulfonamides is 1.